The molecule has 0 amide bonds. The molecule has 0 saturated carbocycles. The highest BCUT2D eigenvalue weighted by atomic mass is 32.2. The molecule has 80 valence electrons. The van der Waals surface area contributed by atoms with Crippen LogP contribution in [0.1, 0.15) is 52.9 Å². The van der Waals surface area contributed by atoms with E-state index in [0.29, 0.717) is 0 Å². The maximum atomic E-state index is 2.38. The Labute approximate surface area is 88.9 Å². The smallest absolute Gasteiger partial charge is 0.00703 e. The Balaban J connectivity index is 3.07. The fourth-order valence-electron chi connectivity index (χ4n) is 1.40. The minimum atomic E-state index is 0.867. The van der Waals surface area contributed by atoms with Gasteiger partial charge in [-0.05, 0) is 30.3 Å². The van der Waals surface area contributed by atoms with Crippen molar-refractivity contribution in [3.63, 3.8) is 0 Å². The van der Waals surface area contributed by atoms with Crippen molar-refractivity contribution in [1.29, 1.82) is 0 Å². The molecule has 0 N–H and O–H groups in total. The van der Waals surface area contributed by atoms with Crippen LogP contribution in [0.3, 0.4) is 0 Å². The first-order valence-corrected chi connectivity index (χ1v) is 7.06. The first kappa shape index (κ1) is 13.4. The third kappa shape index (κ3) is 8.67. The molecule has 0 aliphatic carbocycles. The van der Waals surface area contributed by atoms with Crippen LogP contribution in [0.5, 0.6) is 0 Å². The Hall–Kier alpha value is 0.350. The minimum Gasteiger partial charge on any atom is -0.165 e. The molecule has 0 aliphatic rings. The average molecular weight is 202 g/mol. The van der Waals surface area contributed by atoms with Crippen molar-refractivity contribution in [3.05, 3.63) is 0 Å². The van der Waals surface area contributed by atoms with Gasteiger partial charge in [0, 0.05) is 0 Å². The highest BCUT2D eigenvalue weighted by Crippen LogP contribution is 2.18. The van der Waals surface area contributed by atoms with E-state index in [0.717, 1.165) is 11.8 Å². The summed E-state index contributed by atoms with van der Waals surface area (Å²) in [7, 11) is 0. The van der Waals surface area contributed by atoms with Gasteiger partial charge in [0.05, 0.1) is 0 Å². The topological polar surface area (TPSA) is 0 Å². The second kappa shape index (κ2) is 8.93. The monoisotopic (exact) mass is 202 g/mol. The zero-order chi connectivity index (χ0) is 10.1. The van der Waals surface area contributed by atoms with Crippen molar-refractivity contribution < 1.29 is 0 Å². The molecule has 0 bridgehead atoms. The zero-order valence-electron chi connectivity index (χ0n) is 9.81. The van der Waals surface area contributed by atoms with Crippen molar-refractivity contribution in [2.24, 2.45) is 11.8 Å². The van der Waals surface area contributed by atoms with E-state index in [1.165, 1.54) is 37.9 Å². The predicted molar refractivity (Wildman–Crippen MR) is 65.5 cm³/mol. The van der Waals surface area contributed by atoms with Crippen LogP contribution >= 0.6 is 11.8 Å². The van der Waals surface area contributed by atoms with Gasteiger partial charge in [-0.1, -0.05) is 46.5 Å². The molecule has 1 heteroatoms. The molecule has 0 aliphatic heterocycles. The lowest BCUT2D eigenvalue weighted by molar-refractivity contribution is 0.376. The minimum absolute atomic E-state index is 0.867. The van der Waals surface area contributed by atoms with E-state index in [2.05, 4.69) is 27.0 Å². The normalized spacial score (nSPS) is 13.6. The van der Waals surface area contributed by atoms with Crippen molar-refractivity contribution in [1.82, 2.24) is 0 Å². The molecule has 13 heavy (non-hydrogen) atoms. The third-order valence-corrected chi connectivity index (χ3v) is 3.59. The Morgan fingerprint density at radius 1 is 0.923 bits per heavy atom. The van der Waals surface area contributed by atoms with Crippen LogP contribution < -0.4 is 0 Å². The van der Waals surface area contributed by atoms with E-state index < -0.39 is 0 Å². The van der Waals surface area contributed by atoms with Gasteiger partial charge in [-0.25, -0.2) is 0 Å². The molecule has 1 atom stereocenters. The van der Waals surface area contributed by atoms with Crippen LogP contribution in [-0.2, 0) is 0 Å². The van der Waals surface area contributed by atoms with Gasteiger partial charge in [0.25, 0.3) is 0 Å². The molecule has 1 unspecified atom stereocenters. The summed E-state index contributed by atoms with van der Waals surface area (Å²) in [6.45, 7) is 7.04. The molecule has 0 aromatic heterocycles. The summed E-state index contributed by atoms with van der Waals surface area (Å²) in [6.07, 6.45) is 9.35. The van der Waals surface area contributed by atoms with Gasteiger partial charge in [0.2, 0.25) is 0 Å². The van der Waals surface area contributed by atoms with Crippen LogP contribution in [0.25, 0.3) is 0 Å². The zero-order valence-corrected chi connectivity index (χ0v) is 10.6. The fourth-order valence-corrected chi connectivity index (χ4v) is 1.89. The summed E-state index contributed by atoms with van der Waals surface area (Å²) >= 11 is 1.97. The van der Waals surface area contributed by atoms with Crippen molar-refractivity contribution in [2.45, 2.75) is 52.9 Å². The predicted octanol–water partition coefficient (Wildman–Crippen LogP) is 4.59. The Kier molecular flexibility index (Phi) is 9.17. The molecule has 0 radical (unpaired) electrons. The average Bonchev–Trinajstić information content (AvgIpc) is 2.10. The van der Waals surface area contributed by atoms with E-state index in [9.17, 15) is 0 Å². The van der Waals surface area contributed by atoms with Gasteiger partial charge in [-0.15, -0.1) is 0 Å². The first-order valence-electron chi connectivity index (χ1n) is 5.67. The molecule has 0 heterocycles. The molecule has 0 rings (SSSR count). The van der Waals surface area contributed by atoms with Crippen LogP contribution in [0, 0.1) is 11.8 Å². The Morgan fingerprint density at radius 2 is 1.54 bits per heavy atom. The van der Waals surface area contributed by atoms with Gasteiger partial charge in [-0.2, -0.15) is 11.8 Å². The number of hydrogen-bond acceptors (Lipinski definition) is 1. The lowest BCUT2D eigenvalue weighted by atomic mass is 9.92. The molecule has 0 aromatic rings. The van der Waals surface area contributed by atoms with Crippen LogP contribution in [-0.4, -0.2) is 12.0 Å². The quantitative estimate of drug-likeness (QED) is 0.519. The molecule has 0 spiro atoms. The third-order valence-electron chi connectivity index (χ3n) is 2.90. The van der Waals surface area contributed by atoms with E-state index in [-0.39, 0.29) is 0 Å². The van der Waals surface area contributed by atoms with E-state index in [4.69, 9.17) is 0 Å². The fraction of sp³-hybridized carbons (Fsp3) is 1.00. The highest BCUT2D eigenvalue weighted by molar-refractivity contribution is 7.98. The largest absolute Gasteiger partial charge is 0.165 e. The molecule has 0 saturated heterocycles. The van der Waals surface area contributed by atoms with Gasteiger partial charge >= 0.3 is 0 Å². The van der Waals surface area contributed by atoms with Crippen molar-refractivity contribution >= 4 is 11.8 Å². The van der Waals surface area contributed by atoms with Crippen LogP contribution in [0.15, 0.2) is 0 Å². The Morgan fingerprint density at radius 3 is 2.08 bits per heavy atom. The number of unbranched alkanes of at least 4 members (excludes halogenated alkanes) is 3. The van der Waals surface area contributed by atoms with Gasteiger partial charge < -0.3 is 0 Å². The Bertz CT molecular complexity index is 99.3. The summed E-state index contributed by atoms with van der Waals surface area (Å²) in [4.78, 5) is 0. The first-order chi connectivity index (χ1) is 6.18. The number of thioether (sulfide) groups is 1. The number of hydrogen-bond donors (Lipinski definition) is 0. The van der Waals surface area contributed by atoms with E-state index in [1.54, 1.807) is 0 Å². The van der Waals surface area contributed by atoms with E-state index >= 15 is 0 Å². The summed E-state index contributed by atoms with van der Waals surface area (Å²) < 4.78 is 0. The molecular weight excluding hydrogens is 176 g/mol. The van der Waals surface area contributed by atoms with Crippen molar-refractivity contribution in [2.75, 3.05) is 12.0 Å². The van der Waals surface area contributed by atoms with Gasteiger partial charge in [0.15, 0.2) is 0 Å². The maximum Gasteiger partial charge on any atom is -0.00703 e. The lowest BCUT2D eigenvalue weighted by Gasteiger charge is -2.14. The second-order valence-electron chi connectivity index (χ2n) is 4.42. The molecular formula is C12H26S. The molecule has 0 aromatic carbocycles. The maximum absolute atomic E-state index is 2.38. The SMILES string of the molecule is CSCCCCCCC(C)C(C)C. The second-order valence-corrected chi connectivity index (χ2v) is 5.40. The lowest BCUT2D eigenvalue weighted by Crippen LogP contribution is -2.03. The van der Waals surface area contributed by atoms with Crippen LogP contribution in [0.4, 0.5) is 0 Å². The highest BCUT2D eigenvalue weighted by Gasteiger charge is 2.05. The summed E-state index contributed by atoms with van der Waals surface area (Å²) in [5.74, 6) is 3.13. The van der Waals surface area contributed by atoms with Crippen molar-refractivity contribution in [3.8, 4) is 0 Å². The molecule has 0 nitrogen and oxygen atoms in total. The molecule has 0 fully saturated rings. The summed E-state index contributed by atoms with van der Waals surface area (Å²) in [5, 5.41) is 0. The van der Waals surface area contributed by atoms with Gasteiger partial charge in [0.1, 0.15) is 0 Å². The standard InChI is InChI=1S/C12H26S/c1-11(2)12(3)9-7-5-6-8-10-13-4/h11-12H,5-10H2,1-4H3. The summed E-state index contributed by atoms with van der Waals surface area (Å²) in [5.41, 5.74) is 0. The van der Waals surface area contributed by atoms with Gasteiger partial charge in [-0.3, -0.25) is 0 Å². The number of rotatable bonds is 8. The van der Waals surface area contributed by atoms with E-state index in [1.807, 2.05) is 11.8 Å². The summed E-state index contributed by atoms with van der Waals surface area (Å²) in [6, 6.07) is 0. The van der Waals surface area contributed by atoms with Crippen LogP contribution in [0.2, 0.25) is 0 Å².